The molecule has 1 aromatic heterocycles. The topological polar surface area (TPSA) is 51.2 Å². The van der Waals surface area contributed by atoms with Crippen LogP contribution in [0.4, 0.5) is 5.13 Å². The number of carbonyl (C=O) groups is 1. The first kappa shape index (κ1) is 16.3. The molecule has 5 heteroatoms. The fraction of sp³-hybridized carbons (Fsp3) is 0.750. The number of anilines is 1. The second kappa shape index (κ2) is 6.77. The van der Waals surface area contributed by atoms with E-state index >= 15 is 0 Å². The summed E-state index contributed by atoms with van der Waals surface area (Å²) in [5, 5.41) is 6.29. The van der Waals surface area contributed by atoms with E-state index in [9.17, 15) is 4.79 Å². The van der Waals surface area contributed by atoms with E-state index in [-0.39, 0.29) is 5.97 Å². The van der Waals surface area contributed by atoms with E-state index in [0.29, 0.717) is 6.61 Å². The molecular weight excluding hydrogens is 284 g/mol. The average Bonchev–Trinajstić information content (AvgIpc) is 3.05. The number of rotatable bonds is 6. The molecule has 4 nitrogen and oxygen atoms in total. The third kappa shape index (κ3) is 3.96. The summed E-state index contributed by atoms with van der Waals surface area (Å²) in [4.78, 5) is 16.6. The maximum absolute atomic E-state index is 12.0. The van der Waals surface area contributed by atoms with Crippen LogP contribution >= 0.6 is 11.3 Å². The Hall–Kier alpha value is -1.10. The highest BCUT2D eigenvalue weighted by atomic mass is 32.1. The van der Waals surface area contributed by atoms with E-state index in [2.05, 4.69) is 17.2 Å². The third-order valence-electron chi connectivity index (χ3n) is 4.28. The first-order valence-electron chi connectivity index (χ1n) is 7.80. The molecule has 1 aromatic rings. The summed E-state index contributed by atoms with van der Waals surface area (Å²) >= 11 is 1.57. The highest BCUT2D eigenvalue weighted by molar-refractivity contribution is 7.13. The van der Waals surface area contributed by atoms with Gasteiger partial charge in [-0.15, -0.1) is 11.3 Å². The number of nitrogens with one attached hydrogen (secondary N) is 1. The third-order valence-corrected chi connectivity index (χ3v) is 5.08. The van der Waals surface area contributed by atoms with Crippen molar-refractivity contribution in [2.75, 3.05) is 18.5 Å². The Morgan fingerprint density at radius 1 is 1.52 bits per heavy atom. The molecule has 1 fully saturated rings. The summed E-state index contributed by atoms with van der Waals surface area (Å²) in [6, 6.07) is 0. The van der Waals surface area contributed by atoms with E-state index in [1.54, 1.807) is 11.3 Å². The number of carbonyl (C=O) groups excluding carboxylic acids is 1. The highest BCUT2D eigenvalue weighted by Crippen LogP contribution is 2.32. The number of hydrogen-bond acceptors (Lipinski definition) is 5. The van der Waals surface area contributed by atoms with Crippen LogP contribution in [0.1, 0.15) is 52.7 Å². The van der Waals surface area contributed by atoms with Gasteiger partial charge in [0.1, 0.15) is 5.41 Å². The monoisotopic (exact) mass is 310 g/mol. The zero-order valence-electron chi connectivity index (χ0n) is 13.4. The lowest BCUT2D eigenvalue weighted by Crippen LogP contribution is -2.31. The van der Waals surface area contributed by atoms with Crippen molar-refractivity contribution in [2.24, 2.45) is 11.8 Å². The first-order valence-corrected chi connectivity index (χ1v) is 8.68. The molecule has 1 aliphatic carbocycles. The van der Waals surface area contributed by atoms with Gasteiger partial charge in [0.2, 0.25) is 0 Å². The van der Waals surface area contributed by atoms with Crippen LogP contribution in [0.15, 0.2) is 5.38 Å². The summed E-state index contributed by atoms with van der Waals surface area (Å²) in [5.74, 6) is 1.39. The minimum Gasteiger partial charge on any atom is -0.465 e. The number of nitrogens with zero attached hydrogens (tertiary/aromatic N) is 1. The van der Waals surface area contributed by atoms with Crippen LogP contribution in [-0.4, -0.2) is 24.1 Å². The molecule has 118 valence electrons. The normalized spacial score (nSPS) is 22.3. The Labute approximate surface area is 131 Å². The van der Waals surface area contributed by atoms with Crippen LogP contribution in [0.3, 0.4) is 0 Å². The van der Waals surface area contributed by atoms with Crippen molar-refractivity contribution >= 4 is 22.4 Å². The maximum Gasteiger partial charge on any atom is 0.317 e. The van der Waals surface area contributed by atoms with Crippen molar-refractivity contribution in [3.63, 3.8) is 0 Å². The smallest absolute Gasteiger partial charge is 0.317 e. The minimum atomic E-state index is -0.686. The van der Waals surface area contributed by atoms with Gasteiger partial charge in [0.05, 0.1) is 12.3 Å². The summed E-state index contributed by atoms with van der Waals surface area (Å²) in [7, 11) is 0. The van der Waals surface area contributed by atoms with Gasteiger partial charge in [-0.3, -0.25) is 4.79 Å². The van der Waals surface area contributed by atoms with E-state index in [4.69, 9.17) is 4.74 Å². The lowest BCUT2D eigenvalue weighted by Gasteiger charge is -2.19. The van der Waals surface area contributed by atoms with Crippen LogP contribution in [-0.2, 0) is 14.9 Å². The minimum absolute atomic E-state index is 0.216. The quantitative estimate of drug-likeness (QED) is 0.811. The molecule has 21 heavy (non-hydrogen) atoms. The summed E-state index contributed by atoms with van der Waals surface area (Å²) in [6.45, 7) is 9.26. The molecule has 0 radical (unpaired) electrons. The van der Waals surface area contributed by atoms with Gasteiger partial charge in [-0.2, -0.15) is 0 Å². The molecule has 0 saturated heterocycles. The van der Waals surface area contributed by atoms with Crippen LogP contribution < -0.4 is 5.32 Å². The van der Waals surface area contributed by atoms with Crippen LogP contribution in [0, 0.1) is 11.8 Å². The van der Waals surface area contributed by atoms with Crippen molar-refractivity contribution in [1.82, 2.24) is 4.98 Å². The molecule has 1 saturated carbocycles. The number of ether oxygens (including phenoxy) is 1. The largest absolute Gasteiger partial charge is 0.465 e. The fourth-order valence-corrected chi connectivity index (χ4v) is 3.69. The Morgan fingerprint density at radius 2 is 2.29 bits per heavy atom. The standard InChI is InChI=1S/C16H26N2O2S/c1-5-20-14(19)16(3,4)13-10-21-15(18-13)17-9-12-7-6-11(2)8-12/h10-12H,5-9H2,1-4H3,(H,17,18). The molecule has 0 amide bonds. The molecule has 1 N–H and O–H groups in total. The predicted molar refractivity (Wildman–Crippen MR) is 86.8 cm³/mol. The first-order chi connectivity index (χ1) is 9.93. The van der Waals surface area contributed by atoms with Gasteiger partial charge in [0.25, 0.3) is 0 Å². The van der Waals surface area contributed by atoms with E-state index < -0.39 is 5.41 Å². The van der Waals surface area contributed by atoms with Crippen LogP contribution in [0.5, 0.6) is 0 Å². The van der Waals surface area contributed by atoms with E-state index in [1.807, 2.05) is 26.2 Å². The van der Waals surface area contributed by atoms with E-state index in [1.165, 1.54) is 19.3 Å². The van der Waals surface area contributed by atoms with Gasteiger partial charge in [-0.05, 0) is 45.4 Å². The average molecular weight is 310 g/mol. The zero-order chi connectivity index (χ0) is 15.5. The van der Waals surface area contributed by atoms with Crippen molar-refractivity contribution in [2.45, 2.75) is 52.4 Å². The number of hydrogen-bond donors (Lipinski definition) is 1. The maximum atomic E-state index is 12.0. The summed E-state index contributed by atoms with van der Waals surface area (Å²) in [5.41, 5.74) is 0.0992. The molecule has 2 rings (SSSR count). The molecule has 0 aromatic carbocycles. The molecule has 0 aliphatic heterocycles. The van der Waals surface area contributed by atoms with Gasteiger partial charge in [-0.25, -0.2) is 4.98 Å². The van der Waals surface area contributed by atoms with Crippen LogP contribution in [0.2, 0.25) is 0 Å². The number of aromatic nitrogens is 1. The Bertz CT molecular complexity index is 484. The number of esters is 1. The lowest BCUT2D eigenvalue weighted by atomic mass is 9.90. The molecule has 0 spiro atoms. The SMILES string of the molecule is CCOC(=O)C(C)(C)c1csc(NCC2CCC(C)C2)n1. The van der Waals surface area contributed by atoms with Gasteiger partial charge >= 0.3 is 5.97 Å². The molecule has 2 atom stereocenters. The Balaban J connectivity index is 1.93. The van der Waals surface area contributed by atoms with Gasteiger partial charge < -0.3 is 10.1 Å². The fourth-order valence-electron chi connectivity index (χ4n) is 2.80. The van der Waals surface area contributed by atoms with Crippen molar-refractivity contribution in [3.8, 4) is 0 Å². The molecule has 2 unspecified atom stereocenters. The number of thiazole rings is 1. The molecule has 0 bridgehead atoms. The van der Waals surface area contributed by atoms with Crippen molar-refractivity contribution < 1.29 is 9.53 Å². The second-order valence-electron chi connectivity index (χ2n) is 6.55. The Kier molecular flexibility index (Phi) is 5.25. The highest BCUT2D eigenvalue weighted by Gasteiger charge is 2.34. The zero-order valence-corrected chi connectivity index (χ0v) is 14.3. The lowest BCUT2D eigenvalue weighted by molar-refractivity contribution is -0.148. The summed E-state index contributed by atoms with van der Waals surface area (Å²) < 4.78 is 5.13. The second-order valence-corrected chi connectivity index (χ2v) is 7.41. The van der Waals surface area contributed by atoms with Crippen LogP contribution in [0.25, 0.3) is 0 Å². The van der Waals surface area contributed by atoms with Crippen molar-refractivity contribution in [1.29, 1.82) is 0 Å². The van der Waals surface area contributed by atoms with E-state index in [0.717, 1.165) is 29.2 Å². The predicted octanol–water partition coefficient (Wildman–Crippen LogP) is 3.83. The molecule has 1 aliphatic rings. The molecular formula is C16H26N2O2S. The summed E-state index contributed by atoms with van der Waals surface area (Å²) in [6.07, 6.45) is 3.95. The molecule has 1 heterocycles. The van der Waals surface area contributed by atoms with Gasteiger partial charge in [0.15, 0.2) is 5.13 Å². The Morgan fingerprint density at radius 3 is 2.90 bits per heavy atom. The van der Waals surface area contributed by atoms with Crippen molar-refractivity contribution in [3.05, 3.63) is 11.1 Å². The van der Waals surface area contributed by atoms with Gasteiger partial charge in [-0.1, -0.05) is 13.3 Å². The van der Waals surface area contributed by atoms with Gasteiger partial charge in [0, 0.05) is 11.9 Å².